The van der Waals surface area contributed by atoms with E-state index in [1.54, 1.807) is 0 Å². The zero-order valence-corrected chi connectivity index (χ0v) is 18.1. The smallest absolute Gasteiger partial charge is 0.254 e. The molecule has 2 aromatic carbocycles. The summed E-state index contributed by atoms with van der Waals surface area (Å²) in [5.41, 5.74) is 0.793. The van der Waals surface area contributed by atoms with Crippen LogP contribution in [0.3, 0.4) is 0 Å². The van der Waals surface area contributed by atoms with Gasteiger partial charge in [-0.2, -0.15) is 0 Å². The first-order valence-corrected chi connectivity index (χ1v) is 11.3. The normalized spacial score (nSPS) is 21.7. The number of fused-ring (bicyclic) bond motifs is 1. The number of amides is 1. The van der Waals surface area contributed by atoms with Crippen LogP contribution in [0, 0.1) is 0 Å². The zero-order valence-electron chi connectivity index (χ0n) is 18.1. The Kier molecular flexibility index (Phi) is 6.09. The van der Waals surface area contributed by atoms with Gasteiger partial charge in [-0.3, -0.25) is 4.79 Å². The molecule has 0 N–H and O–H groups in total. The van der Waals surface area contributed by atoms with Gasteiger partial charge in [-0.1, -0.05) is 12.1 Å². The minimum absolute atomic E-state index is 0.163. The topological polar surface area (TPSA) is 32.8 Å². The van der Waals surface area contributed by atoms with Crippen molar-refractivity contribution in [3.8, 4) is 5.75 Å². The number of rotatable bonds is 4. The van der Waals surface area contributed by atoms with Gasteiger partial charge in [-0.15, -0.1) is 0 Å². The Balaban J connectivity index is 1.44. The summed E-state index contributed by atoms with van der Waals surface area (Å²) in [7, 11) is 0. The van der Waals surface area contributed by atoms with Gasteiger partial charge in [-0.05, 0) is 87.9 Å². The van der Waals surface area contributed by atoms with Crippen LogP contribution in [0.15, 0.2) is 36.4 Å². The van der Waals surface area contributed by atoms with E-state index in [-0.39, 0.29) is 5.91 Å². The lowest BCUT2D eigenvalue weighted by atomic mass is 10.0. The molecule has 0 bridgehead atoms. The number of ether oxygens (including phenoxy) is 1. The van der Waals surface area contributed by atoms with Crippen LogP contribution in [-0.2, 0) is 0 Å². The molecule has 4 rings (SSSR count). The minimum Gasteiger partial charge on any atom is -0.490 e. The Morgan fingerprint density at radius 3 is 2.41 bits per heavy atom. The minimum atomic E-state index is 0.163. The molecule has 0 radical (unpaired) electrons. The number of carbonyl (C=O) groups excluding carboxylic acids is 1. The summed E-state index contributed by atoms with van der Waals surface area (Å²) in [4.78, 5) is 17.5. The number of nitrogens with zero attached hydrogens (tertiary/aromatic N) is 2. The van der Waals surface area contributed by atoms with Crippen LogP contribution in [0.5, 0.6) is 5.75 Å². The summed E-state index contributed by atoms with van der Waals surface area (Å²) in [5.74, 6) is 1.10. The summed E-state index contributed by atoms with van der Waals surface area (Å²) >= 11 is 0. The van der Waals surface area contributed by atoms with Crippen LogP contribution in [0.4, 0.5) is 0 Å². The first-order chi connectivity index (χ1) is 14.0. The molecular weight excluding hydrogens is 360 g/mol. The Morgan fingerprint density at radius 1 is 0.966 bits per heavy atom. The zero-order chi connectivity index (χ0) is 20.4. The van der Waals surface area contributed by atoms with Crippen LogP contribution in [0.1, 0.15) is 63.2 Å². The molecule has 2 aliphatic heterocycles. The number of benzene rings is 2. The molecule has 1 unspecified atom stereocenters. The van der Waals surface area contributed by atoms with Crippen LogP contribution in [0.2, 0.25) is 0 Å². The number of piperidine rings is 2. The second-order valence-electron chi connectivity index (χ2n) is 9.01. The van der Waals surface area contributed by atoms with Crippen LogP contribution in [0.25, 0.3) is 10.8 Å². The second-order valence-corrected chi connectivity index (χ2v) is 9.01. The third kappa shape index (κ3) is 4.58. The molecule has 2 aliphatic rings. The lowest BCUT2D eigenvalue weighted by molar-refractivity contribution is 0.0636. The quantitative estimate of drug-likeness (QED) is 0.723. The summed E-state index contributed by atoms with van der Waals surface area (Å²) in [6.07, 6.45) is 5.90. The molecule has 0 aliphatic carbocycles. The number of carbonyl (C=O) groups is 1. The molecule has 1 amide bonds. The highest BCUT2D eigenvalue weighted by Gasteiger charge is 2.25. The van der Waals surface area contributed by atoms with Crippen molar-refractivity contribution in [2.75, 3.05) is 19.6 Å². The molecule has 2 saturated heterocycles. The van der Waals surface area contributed by atoms with Crippen molar-refractivity contribution in [3.63, 3.8) is 0 Å². The van der Waals surface area contributed by atoms with Gasteiger partial charge in [0.1, 0.15) is 11.9 Å². The van der Waals surface area contributed by atoms with E-state index >= 15 is 0 Å². The maximum atomic E-state index is 13.0. The highest BCUT2D eigenvalue weighted by atomic mass is 16.5. The summed E-state index contributed by atoms with van der Waals surface area (Å²) < 4.78 is 6.28. The lowest BCUT2D eigenvalue weighted by Gasteiger charge is -2.34. The molecule has 0 aromatic heterocycles. The van der Waals surface area contributed by atoms with Crippen LogP contribution < -0.4 is 4.74 Å². The van der Waals surface area contributed by atoms with Gasteiger partial charge in [0.05, 0.1) is 0 Å². The Hall–Kier alpha value is -2.07. The van der Waals surface area contributed by atoms with Gasteiger partial charge in [-0.25, -0.2) is 0 Å². The average molecular weight is 395 g/mol. The number of hydrogen-bond acceptors (Lipinski definition) is 3. The van der Waals surface area contributed by atoms with Crippen LogP contribution >= 0.6 is 0 Å². The van der Waals surface area contributed by atoms with Gasteiger partial charge in [0, 0.05) is 37.3 Å². The summed E-state index contributed by atoms with van der Waals surface area (Å²) in [6.45, 7) is 9.77. The third-order valence-electron chi connectivity index (χ3n) is 6.63. The average Bonchev–Trinajstić information content (AvgIpc) is 2.73. The monoisotopic (exact) mass is 394 g/mol. The highest BCUT2D eigenvalue weighted by molar-refractivity contribution is 5.99. The van der Waals surface area contributed by atoms with Gasteiger partial charge in [0.15, 0.2) is 0 Å². The van der Waals surface area contributed by atoms with Gasteiger partial charge in [0.2, 0.25) is 0 Å². The SMILES string of the molecule is CC(C)N1CCC(Oc2ccc3cc(C(=O)N4CCCCC4C)ccc3c2)CC1. The van der Waals surface area contributed by atoms with Crippen molar-refractivity contribution in [2.45, 2.75) is 71.1 Å². The Morgan fingerprint density at radius 2 is 1.69 bits per heavy atom. The lowest BCUT2D eigenvalue weighted by Crippen LogP contribution is -2.42. The molecule has 4 nitrogen and oxygen atoms in total. The van der Waals surface area contributed by atoms with Crippen molar-refractivity contribution in [1.82, 2.24) is 9.80 Å². The van der Waals surface area contributed by atoms with E-state index in [0.717, 1.165) is 67.4 Å². The molecule has 2 fully saturated rings. The molecule has 0 saturated carbocycles. The Labute approximate surface area is 174 Å². The van der Waals surface area contributed by atoms with E-state index in [1.165, 1.54) is 6.42 Å². The molecule has 2 heterocycles. The number of likely N-dealkylation sites (tertiary alicyclic amines) is 2. The maximum Gasteiger partial charge on any atom is 0.254 e. The second kappa shape index (κ2) is 8.74. The fourth-order valence-electron chi connectivity index (χ4n) is 4.70. The first-order valence-electron chi connectivity index (χ1n) is 11.3. The highest BCUT2D eigenvalue weighted by Crippen LogP contribution is 2.27. The van der Waals surface area contributed by atoms with Crippen molar-refractivity contribution in [2.24, 2.45) is 0 Å². The van der Waals surface area contributed by atoms with Crippen molar-refractivity contribution in [3.05, 3.63) is 42.0 Å². The predicted molar refractivity (Wildman–Crippen MR) is 119 cm³/mol. The summed E-state index contributed by atoms with van der Waals surface area (Å²) in [6, 6.07) is 13.3. The molecule has 2 aromatic rings. The van der Waals surface area contributed by atoms with Crippen molar-refractivity contribution >= 4 is 16.7 Å². The maximum absolute atomic E-state index is 13.0. The Bertz CT molecular complexity index is 855. The van der Waals surface area contributed by atoms with E-state index in [4.69, 9.17) is 4.74 Å². The molecule has 1 atom stereocenters. The van der Waals surface area contributed by atoms with Gasteiger partial charge >= 0.3 is 0 Å². The first kappa shape index (κ1) is 20.2. The van der Waals surface area contributed by atoms with E-state index < -0.39 is 0 Å². The number of hydrogen-bond donors (Lipinski definition) is 0. The fraction of sp³-hybridized carbons (Fsp3) is 0.560. The van der Waals surface area contributed by atoms with Crippen LogP contribution in [-0.4, -0.2) is 53.5 Å². The van der Waals surface area contributed by atoms with Crippen molar-refractivity contribution < 1.29 is 9.53 Å². The standard InChI is InChI=1S/C25H34N2O2/c1-18(2)26-14-11-23(12-15-26)29-24-10-9-20-16-22(8-7-21(20)17-24)25(28)27-13-5-4-6-19(27)3/h7-10,16-19,23H,4-6,11-15H2,1-3H3. The van der Waals surface area contributed by atoms with Crippen molar-refractivity contribution in [1.29, 1.82) is 0 Å². The van der Waals surface area contributed by atoms with Gasteiger partial charge < -0.3 is 14.5 Å². The van der Waals surface area contributed by atoms with E-state index in [2.05, 4.69) is 49.9 Å². The molecular formula is C25H34N2O2. The summed E-state index contributed by atoms with van der Waals surface area (Å²) in [5, 5.41) is 2.23. The molecule has 0 spiro atoms. The largest absolute Gasteiger partial charge is 0.490 e. The fourth-order valence-corrected chi connectivity index (χ4v) is 4.70. The molecule has 4 heteroatoms. The molecule has 156 valence electrons. The predicted octanol–water partition coefficient (Wildman–Crippen LogP) is 5.11. The van der Waals surface area contributed by atoms with E-state index in [9.17, 15) is 4.79 Å². The van der Waals surface area contributed by atoms with E-state index in [0.29, 0.717) is 18.2 Å². The van der Waals surface area contributed by atoms with E-state index in [1.807, 2.05) is 17.0 Å². The van der Waals surface area contributed by atoms with Gasteiger partial charge in [0.25, 0.3) is 5.91 Å². The third-order valence-corrected chi connectivity index (χ3v) is 6.63. The molecule has 29 heavy (non-hydrogen) atoms.